The topological polar surface area (TPSA) is 63.1 Å². The normalized spacial score (nSPS) is 10.6. The number of nitrogens with zero attached hydrogens (tertiary/aromatic N) is 2. The molecular weight excluding hydrogens is 242 g/mol. The average Bonchev–Trinajstić information content (AvgIpc) is 2.39. The van der Waals surface area contributed by atoms with Crippen LogP contribution in [0.5, 0.6) is 0 Å². The molecule has 0 unspecified atom stereocenters. The SMILES string of the molecule is O=C(O)c1ccnc(-c2ccc(C(F)F)cc2)n1. The molecule has 0 aliphatic carbocycles. The monoisotopic (exact) mass is 250 g/mol. The second-order valence-corrected chi connectivity index (χ2v) is 3.49. The molecule has 0 radical (unpaired) electrons. The lowest BCUT2D eigenvalue weighted by atomic mass is 10.1. The Morgan fingerprint density at radius 3 is 2.39 bits per heavy atom. The van der Waals surface area contributed by atoms with Gasteiger partial charge in [-0.3, -0.25) is 0 Å². The van der Waals surface area contributed by atoms with Gasteiger partial charge in [-0.1, -0.05) is 24.3 Å². The molecule has 0 fully saturated rings. The molecule has 0 saturated heterocycles. The van der Waals surface area contributed by atoms with E-state index in [1.54, 1.807) is 0 Å². The van der Waals surface area contributed by atoms with Crippen LogP contribution in [0.1, 0.15) is 22.5 Å². The molecule has 92 valence electrons. The molecule has 2 rings (SSSR count). The van der Waals surface area contributed by atoms with Crippen LogP contribution in [0.3, 0.4) is 0 Å². The van der Waals surface area contributed by atoms with E-state index in [9.17, 15) is 13.6 Å². The minimum atomic E-state index is -2.54. The number of carboxylic acid groups (broad SMARTS) is 1. The minimum absolute atomic E-state index is 0.104. The Morgan fingerprint density at radius 2 is 1.83 bits per heavy atom. The predicted octanol–water partition coefficient (Wildman–Crippen LogP) is 2.78. The Balaban J connectivity index is 2.36. The molecule has 0 aliphatic rings. The Morgan fingerprint density at radius 1 is 1.17 bits per heavy atom. The summed E-state index contributed by atoms with van der Waals surface area (Å²) >= 11 is 0. The lowest BCUT2D eigenvalue weighted by molar-refractivity contribution is 0.0690. The molecular formula is C12H8F2N2O2. The number of hydrogen-bond donors (Lipinski definition) is 1. The third-order valence-corrected chi connectivity index (χ3v) is 2.30. The molecule has 0 spiro atoms. The van der Waals surface area contributed by atoms with Gasteiger partial charge in [0.15, 0.2) is 11.5 Å². The summed E-state index contributed by atoms with van der Waals surface area (Å²) in [5.41, 5.74) is 0.244. The van der Waals surface area contributed by atoms with Gasteiger partial charge in [-0.15, -0.1) is 0 Å². The maximum atomic E-state index is 12.4. The number of alkyl halides is 2. The molecule has 1 heterocycles. The quantitative estimate of drug-likeness (QED) is 0.909. The number of aromatic nitrogens is 2. The zero-order valence-electron chi connectivity index (χ0n) is 9.05. The molecule has 0 bridgehead atoms. The molecule has 6 heteroatoms. The van der Waals surface area contributed by atoms with Crippen LogP contribution in [-0.4, -0.2) is 21.0 Å². The first-order valence-electron chi connectivity index (χ1n) is 5.03. The molecule has 0 amide bonds. The number of carboxylic acids is 1. The van der Waals surface area contributed by atoms with Gasteiger partial charge in [-0.05, 0) is 6.07 Å². The van der Waals surface area contributed by atoms with Gasteiger partial charge >= 0.3 is 5.97 Å². The van der Waals surface area contributed by atoms with E-state index in [1.807, 2.05) is 0 Å². The fourth-order valence-corrected chi connectivity index (χ4v) is 1.39. The van der Waals surface area contributed by atoms with Crippen molar-refractivity contribution in [2.24, 2.45) is 0 Å². The number of benzene rings is 1. The van der Waals surface area contributed by atoms with E-state index in [-0.39, 0.29) is 17.1 Å². The van der Waals surface area contributed by atoms with Crippen LogP contribution in [0, 0.1) is 0 Å². The molecule has 0 atom stereocenters. The van der Waals surface area contributed by atoms with Crippen LogP contribution in [0.15, 0.2) is 36.5 Å². The number of carbonyl (C=O) groups is 1. The van der Waals surface area contributed by atoms with Crippen molar-refractivity contribution in [2.75, 3.05) is 0 Å². The smallest absolute Gasteiger partial charge is 0.354 e. The van der Waals surface area contributed by atoms with E-state index in [1.165, 1.54) is 36.5 Å². The van der Waals surface area contributed by atoms with Gasteiger partial charge in [-0.2, -0.15) is 0 Å². The molecule has 1 aromatic carbocycles. The summed E-state index contributed by atoms with van der Waals surface area (Å²) in [7, 11) is 0. The zero-order valence-corrected chi connectivity index (χ0v) is 9.05. The first-order chi connectivity index (χ1) is 8.58. The van der Waals surface area contributed by atoms with Crippen molar-refractivity contribution in [1.29, 1.82) is 0 Å². The summed E-state index contributed by atoms with van der Waals surface area (Å²) in [5, 5.41) is 8.78. The van der Waals surface area contributed by atoms with Crippen LogP contribution in [0.2, 0.25) is 0 Å². The Hall–Kier alpha value is -2.37. The van der Waals surface area contributed by atoms with Crippen LogP contribution in [0.25, 0.3) is 11.4 Å². The maximum Gasteiger partial charge on any atom is 0.354 e. The largest absolute Gasteiger partial charge is 0.477 e. The lowest BCUT2D eigenvalue weighted by Gasteiger charge is -2.03. The molecule has 1 aromatic heterocycles. The molecule has 0 saturated carbocycles. The van der Waals surface area contributed by atoms with Crippen molar-refractivity contribution in [3.05, 3.63) is 47.8 Å². The molecule has 0 aliphatic heterocycles. The summed E-state index contributed by atoms with van der Waals surface area (Å²) in [5.74, 6) is -0.974. The van der Waals surface area contributed by atoms with E-state index in [0.717, 1.165) is 0 Å². The van der Waals surface area contributed by atoms with E-state index in [2.05, 4.69) is 9.97 Å². The summed E-state index contributed by atoms with van der Waals surface area (Å²) in [6.45, 7) is 0. The third kappa shape index (κ3) is 2.48. The average molecular weight is 250 g/mol. The van der Waals surface area contributed by atoms with Crippen molar-refractivity contribution < 1.29 is 18.7 Å². The van der Waals surface area contributed by atoms with Crippen molar-refractivity contribution in [1.82, 2.24) is 9.97 Å². The van der Waals surface area contributed by atoms with Crippen LogP contribution >= 0.6 is 0 Å². The van der Waals surface area contributed by atoms with Gasteiger partial charge in [0, 0.05) is 17.3 Å². The van der Waals surface area contributed by atoms with Crippen molar-refractivity contribution >= 4 is 5.97 Å². The standard InChI is InChI=1S/C12H8F2N2O2/c13-10(14)7-1-3-8(4-2-7)11-15-6-5-9(16-11)12(17)18/h1-6,10H,(H,17,18). The van der Waals surface area contributed by atoms with Gasteiger partial charge in [0.1, 0.15) is 0 Å². The summed E-state index contributed by atoms with van der Waals surface area (Å²) < 4.78 is 24.7. The van der Waals surface area contributed by atoms with Gasteiger partial charge in [0.05, 0.1) is 0 Å². The summed E-state index contributed by atoms with van der Waals surface area (Å²) in [6.07, 6.45) is -1.22. The van der Waals surface area contributed by atoms with E-state index >= 15 is 0 Å². The second-order valence-electron chi connectivity index (χ2n) is 3.49. The van der Waals surface area contributed by atoms with E-state index in [0.29, 0.717) is 5.56 Å². The zero-order chi connectivity index (χ0) is 13.1. The highest BCUT2D eigenvalue weighted by atomic mass is 19.3. The van der Waals surface area contributed by atoms with Crippen molar-refractivity contribution in [2.45, 2.75) is 6.43 Å². The van der Waals surface area contributed by atoms with Gasteiger partial charge < -0.3 is 5.11 Å². The van der Waals surface area contributed by atoms with Gasteiger partial charge in [0.2, 0.25) is 0 Å². The molecule has 18 heavy (non-hydrogen) atoms. The van der Waals surface area contributed by atoms with E-state index in [4.69, 9.17) is 5.11 Å². The van der Waals surface area contributed by atoms with Crippen LogP contribution in [-0.2, 0) is 0 Å². The Kier molecular flexibility index (Phi) is 3.27. The van der Waals surface area contributed by atoms with E-state index < -0.39 is 12.4 Å². The van der Waals surface area contributed by atoms with Crippen molar-refractivity contribution in [3.8, 4) is 11.4 Å². The highest BCUT2D eigenvalue weighted by molar-refractivity contribution is 5.85. The third-order valence-electron chi connectivity index (χ3n) is 2.30. The highest BCUT2D eigenvalue weighted by Gasteiger charge is 2.10. The fourth-order valence-electron chi connectivity index (χ4n) is 1.39. The first kappa shape index (κ1) is 12.1. The second kappa shape index (κ2) is 4.87. The predicted molar refractivity (Wildman–Crippen MR) is 59.4 cm³/mol. The summed E-state index contributed by atoms with van der Waals surface area (Å²) in [4.78, 5) is 18.5. The molecule has 2 aromatic rings. The Bertz CT molecular complexity index is 571. The van der Waals surface area contributed by atoms with Crippen LogP contribution in [0.4, 0.5) is 8.78 Å². The number of aromatic carboxylic acids is 1. The molecule has 4 nitrogen and oxygen atoms in total. The Labute approximate surface area is 101 Å². The minimum Gasteiger partial charge on any atom is -0.477 e. The first-order valence-corrected chi connectivity index (χ1v) is 5.03. The fraction of sp³-hybridized carbons (Fsp3) is 0.0833. The van der Waals surface area contributed by atoms with Crippen molar-refractivity contribution in [3.63, 3.8) is 0 Å². The van der Waals surface area contributed by atoms with Gasteiger partial charge in [0.25, 0.3) is 6.43 Å². The highest BCUT2D eigenvalue weighted by Crippen LogP contribution is 2.22. The maximum absolute atomic E-state index is 12.4. The number of halogens is 2. The summed E-state index contributed by atoms with van der Waals surface area (Å²) in [6, 6.07) is 6.65. The number of rotatable bonds is 3. The number of hydrogen-bond acceptors (Lipinski definition) is 3. The molecule has 1 N–H and O–H groups in total. The van der Waals surface area contributed by atoms with Crippen LogP contribution < -0.4 is 0 Å². The van der Waals surface area contributed by atoms with Gasteiger partial charge in [-0.25, -0.2) is 23.5 Å². The lowest BCUT2D eigenvalue weighted by Crippen LogP contribution is -2.02.